The molecule has 0 aliphatic rings. The van der Waals surface area contributed by atoms with Crippen LogP contribution in [0.5, 0.6) is 5.75 Å². The van der Waals surface area contributed by atoms with Crippen molar-refractivity contribution in [2.24, 2.45) is 0 Å². The molecule has 3 nitrogen and oxygen atoms in total. The molecule has 1 aromatic carbocycles. The maximum Gasteiger partial charge on any atom is 0.119 e. The summed E-state index contributed by atoms with van der Waals surface area (Å²) in [6.45, 7) is 2.54. The second-order valence-electron chi connectivity index (χ2n) is 3.71. The molecule has 0 heterocycles. The second-order valence-corrected chi connectivity index (χ2v) is 3.71. The molecule has 0 radical (unpaired) electrons. The molecule has 90 valence electrons. The van der Waals surface area contributed by atoms with Gasteiger partial charge in [0.2, 0.25) is 0 Å². The molecule has 0 saturated carbocycles. The van der Waals surface area contributed by atoms with E-state index in [1.165, 1.54) is 0 Å². The fraction of sp³-hybridized carbons (Fsp3) is 0.538. The molecule has 1 rings (SSSR count). The Morgan fingerprint density at radius 2 is 2.12 bits per heavy atom. The van der Waals surface area contributed by atoms with Crippen molar-refractivity contribution in [2.75, 3.05) is 27.3 Å². The van der Waals surface area contributed by atoms with E-state index >= 15 is 0 Å². The van der Waals surface area contributed by atoms with Crippen LogP contribution in [0.15, 0.2) is 24.3 Å². The summed E-state index contributed by atoms with van der Waals surface area (Å²) in [5.74, 6) is 0.885. The Kier molecular flexibility index (Phi) is 6.61. The number of methoxy groups -OCH3 is 1. The van der Waals surface area contributed by atoms with Gasteiger partial charge in [-0.2, -0.15) is 0 Å². The first kappa shape index (κ1) is 13.0. The van der Waals surface area contributed by atoms with Crippen LogP contribution in [-0.2, 0) is 11.3 Å². The highest BCUT2D eigenvalue weighted by Gasteiger charge is 1.96. The summed E-state index contributed by atoms with van der Waals surface area (Å²) in [6, 6.07) is 7.98. The van der Waals surface area contributed by atoms with Crippen LogP contribution in [0.3, 0.4) is 0 Å². The van der Waals surface area contributed by atoms with Crippen LogP contribution >= 0.6 is 0 Å². The highest BCUT2D eigenvalue weighted by Crippen LogP contribution is 2.13. The molecule has 0 aliphatic carbocycles. The summed E-state index contributed by atoms with van der Waals surface area (Å²) in [6.07, 6.45) is 2.26. The molecule has 0 bridgehead atoms. The number of hydrogen-bond donors (Lipinski definition) is 1. The topological polar surface area (TPSA) is 30.5 Å². The predicted molar refractivity (Wildman–Crippen MR) is 65.8 cm³/mol. The molecule has 1 aromatic rings. The smallest absolute Gasteiger partial charge is 0.119 e. The van der Waals surface area contributed by atoms with Crippen LogP contribution < -0.4 is 10.1 Å². The van der Waals surface area contributed by atoms with Crippen molar-refractivity contribution in [2.45, 2.75) is 19.4 Å². The molecule has 0 amide bonds. The van der Waals surface area contributed by atoms with Crippen LogP contribution in [0.4, 0.5) is 0 Å². The molecule has 3 heteroatoms. The summed E-state index contributed by atoms with van der Waals surface area (Å²) >= 11 is 0. The number of nitrogens with one attached hydrogen (secondary N) is 1. The SMILES string of the molecule is CNCCCCOCc1cccc(OC)c1. The fourth-order valence-corrected chi connectivity index (χ4v) is 1.46. The van der Waals surface area contributed by atoms with Gasteiger partial charge in [-0.05, 0) is 44.1 Å². The number of unbranched alkanes of at least 4 members (excludes halogenated alkanes) is 1. The average molecular weight is 223 g/mol. The first-order valence-corrected chi connectivity index (χ1v) is 5.72. The third kappa shape index (κ3) is 5.14. The highest BCUT2D eigenvalue weighted by molar-refractivity contribution is 5.27. The Morgan fingerprint density at radius 1 is 1.25 bits per heavy atom. The van der Waals surface area contributed by atoms with E-state index in [2.05, 4.69) is 11.4 Å². The zero-order valence-electron chi connectivity index (χ0n) is 10.2. The van der Waals surface area contributed by atoms with E-state index in [4.69, 9.17) is 9.47 Å². The van der Waals surface area contributed by atoms with E-state index in [0.717, 1.165) is 37.3 Å². The highest BCUT2D eigenvalue weighted by atomic mass is 16.5. The minimum absolute atomic E-state index is 0.663. The predicted octanol–water partition coefficient (Wildman–Crippen LogP) is 2.21. The minimum Gasteiger partial charge on any atom is -0.497 e. The molecule has 16 heavy (non-hydrogen) atoms. The van der Waals surface area contributed by atoms with Crippen molar-refractivity contribution in [3.63, 3.8) is 0 Å². The van der Waals surface area contributed by atoms with Gasteiger partial charge in [-0.25, -0.2) is 0 Å². The van der Waals surface area contributed by atoms with E-state index in [1.807, 2.05) is 25.2 Å². The third-order valence-electron chi connectivity index (χ3n) is 2.37. The van der Waals surface area contributed by atoms with Gasteiger partial charge in [0.1, 0.15) is 5.75 Å². The van der Waals surface area contributed by atoms with Gasteiger partial charge < -0.3 is 14.8 Å². The quantitative estimate of drug-likeness (QED) is 0.685. The summed E-state index contributed by atoms with van der Waals surface area (Å²) in [7, 11) is 3.65. The van der Waals surface area contributed by atoms with Gasteiger partial charge in [0.25, 0.3) is 0 Å². The minimum atomic E-state index is 0.663. The van der Waals surface area contributed by atoms with Crippen LogP contribution in [0.2, 0.25) is 0 Å². The van der Waals surface area contributed by atoms with E-state index in [9.17, 15) is 0 Å². The van der Waals surface area contributed by atoms with Crippen LogP contribution in [0, 0.1) is 0 Å². The summed E-state index contributed by atoms with van der Waals surface area (Å²) in [5.41, 5.74) is 1.16. The lowest BCUT2D eigenvalue weighted by Gasteiger charge is -2.06. The van der Waals surface area contributed by atoms with Gasteiger partial charge in [0.15, 0.2) is 0 Å². The Hall–Kier alpha value is -1.06. The van der Waals surface area contributed by atoms with E-state index in [0.29, 0.717) is 6.61 Å². The molecule has 0 unspecified atom stereocenters. The van der Waals surface area contributed by atoms with Gasteiger partial charge in [-0.3, -0.25) is 0 Å². The van der Waals surface area contributed by atoms with E-state index in [-0.39, 0.29) is 0 Å². The summed E-state index contributed by atoms with van der Waals surface area (Å²) in [4.78, 5) is 0. The number of rotatable bonds is 8. The molecule has 0 atom stereocenters. The first-order valence-electron chi connectivity index (χ1n) is 5.72. The Labute approximate surface area is 97.8 Å². The largest absolute Gasteiger partial charge is 0.497 e. The van der Waals surface area contributed by atoms with E-state index in [1.54, 1.807) is 7.11 Å². The fourth-order valence-electron chi connectivity index (χ4n) is 1.46. The lowest BCUT2D eigenvalue weighted by Crippen LogP contribution is -2.08. The molecule has 1 N–H and O–H groups in total. The summed E-state index contributed by atoms with van der Waals surface area (Å²) in [5, 5.41) is 3.12. The lowest BCUT2D eigenvalue weighted by atomic mass is 10.2. The van der Waals surface area contributed by atoms with Crippen molar-refractivity contribution >= 4 is 0 Å². The van der Waals surface area contributed by atoms with Crippen molar-refractivity contribution < 1.29 is 9.47 Å². The molecular weight excluding hydrogens is 202 g/mol. The summed E-state index contributed by atoms with van der Waals surface area (Å²) < 4.78 is 10.7. The van der Waals surface area contributed by atoms with Crippen molar-refractivity contribution in [1.29, 1.82) is 0 Å². The van der Waals surface area contributed by atoms with Crippen LogP contribution in [0.1, 0.15) is 18.4 Å². The lowest BCUT2D eigenvalue weighted by molar-refractivity contribution is 0.117. The number of ether oxygens (including phenoxy) is 2. The maximum absolute atomic E-state index is 5.58. The standard InChI is InChI=1S/C13H21NO2/c1-14-8-3-4-9-16-11-12-6-5-7-13(10-12)15-2/h5-7,10,14H,3-4,8-9,11H2,1-2H3. The molecule has 0 fully saturated rings. The molecule has 0 spiro atoms. The van der Waals surface area contributed by atoms with Crippen molar-refractivity contribution in [3.8, 4) is 5.75 Å². The van der Waals surface area contributed by atoms with Gasteiger partial charge >= 0.3 is 0 Å². The van der Waals surface area contributed by atoms with Crippen molar-refractivity contribution in [3.05, 3.63) is 29.8 Å². The van der Waals surface area contributed by atoms with Gasteiger partial charge in [-0.1, -0.05) is 12.1 Å². The average Bonchev–Trinajstić information content (AvgIpc) is 2.34. The number of benzene rings is 1. The van der Waals surface area contributed by atoms with Gasteiger partial charge in [-0.15, -0.1) is 0 Å². The normalized spacial score (nSPS) is 10.4. The maximum atomic E-state index is 5.58. The zero-order valence-corrected chi connectivity index (χ0v) is 10.2. The molecular formula is C13H21NO2. The van der Waals surface area contributed by atoms with Gasteiger partial charge in [0.05, 0.1) is 13.7 Å². The monoisotopic (exact) mass is 223 g/mol. The third-order valence-corrected chi connectivity index (χ3v) is 2.37. The number of hydrogen-bond acceptors (Lipinski definition) is 3. The van der Waals surface area contributed by atoms with Crippen LogP contribution in [0.25, 0.3) is 0 Å². The first-order chi connectivity index (χ1) is 7.86. The van der Waals surface area contributed by atoms with Crippen molar-refractivity contribution in [1.82, 2.24) is 5.32 Å². The Balaban J connectivity index is 2.16. The van der Waals surface area contributed by atoms with Crippen LogP contribution in [-0.4, -0.2) is 27.3 Å². The zero-order chi connectivity index (χ0) is 11.6. The Morgan fingerprint density at radius 3 is 2.88 bits per heavy atom. The molecule has 0 aromatic heterocycles. The second kappa shape index (κ2) is 8.13. The Bertz CT molecular complexity index is 289. The van der Waals surface area contributed by atoms with E-state index < -0.39 is 0 Å². The van der Waals surface area contributed by atoms with Gasteiger partial charge in [0, 0.05) is 6.61 Å². The molecule has 0 saturated heterocycles. The molecule has 0 aliphatic heterocycles.